The van der Waals surface area contributed by atoms with Crippen molar-refractivity contribution in [1.82, 2.24) is 19.5 Å². The highest BCUT2D eigenvalue weighted by Gasteiger charge is 2.15. The minimum absolute atomic E-state index is 0.0244. The van der Waals surface area contributed by atoms with Gasteiger partial charge in [0.25, 0.3) is 0 Å². The summed E-state index contributed by atoms with van der Waals surface area (Å²) in [7, 11) is -1.91. The van der Waals surface area contributed by atoms with Gasteiger partial charge in [-0.3, -0.25) is 9.48 Å². The van der Waals surface area contributed by atoms with E-state index in [1.54, 1.807) is 28.4 Å². The second kappa shape index (κ2) is 8.82. The van der Waals surface area contributed by atoms with E-state index in [1.807, 2.05) is 13.2 Å². The molecule has 11 heteroatoms. The third-order valence-corrected chi connectivity index (χ3v) is 6.25. The first kappa shape index (κ1) is 20.5. The fourth-order valence-corrected chi connectivity index (χ4v) is 4.38. The molecule has 2 aromatic heterocycles. The minimum atomic E-state index is -3.73. The van der Waals surface area contributed by atoms with E-state index in [2.05, 4.69) is 14.8 Å². The van der Waals surface area contributed by atoms with E-state index in [0.29, 0.717) is 10.7 Å². The van der Waals surface area contributed by atoms with Gasteiger partial charge in [0.05, 0.1) is 23.2 Å². The molecule has 0 fully saturated rings. The number of benzene rings is 1. The molecular formula is C17H17ClN4O4S2. The summed E-state index contributed by atoms with van der Waals surface area (Å²) < 4.78 is 33.5. The van der Waals surface area contributed by atoms with Gasteiger partial charge in [-0.25, -0.2) is 18.1 Å². The van der Waals surface area contributed by atoms with Crippen LogP contribution in [0.25, 0.3) is 10.6 Å². The first-order chi connectivity index (χ1) is 13.3. The summed E-state index contributed by atoms with van der Waals surface area (Å²) in [6, 6.07) is 5.88. The topological polar surface area (TPSA) is 103 Å². The Kier molecular flexibility index (Phi) is 6.45. The highest BCUT2D eigenvalue weighted by Crippen LogP contribution is 2.23. The van der Waals surface area contributed by atoms with Gasteiger partial charge in [0.2, 0.25) is 10.0 Å². The Bertz CT molecular complexity index is 1080. The normalized spacial score (nSPS) is 11.5. The Morgan fingerprint density at radius 1 is 1.39 bits per heavy atom. The Balaban J connectivity index is 1.45. The predicted molar refractivity (Wildman–Crippen MR) is 105 cm³/mol. The number of thiazole rings is 1. The molecule has 0 aliphatic carbocycles. The minimum Gasteiger partial charge on any atom is -0.459 e. The number of rotatable bonds is 8. The van der Waals surface area contributed by atoms with Crippen LogP contribution in [-0.4, -0.2) is 35.7 Å². The number of esters is 1. The van der Waals surface area contributed by atoms with Crippen LogP contribution in [0.3, 0.4) is 0 Å². The highest BCUT2D eigenvalue weighted by atomic mass is 35.5. The molecule has 0 saturated carbocycles. The van der Waals surface area contributed by atoms with Crippen LogP contribution in [0.2, 0.25) is 5.02 Å². The smallest absolute Gasteiger partial charge is 0.307 e. The monoisotopic (exact) mass is 440 g/mol. The van der Waals surface area contributed by atoms with Gasteiger partial charge in [-0.05, 0) is 18.2 Å². The molecule has 0 saturated heterocycles. The van der Waals surface area contributed by atoms with Crippen molar-refractivity contribution >= 4 is 38.9 Å². The van der Waals surface area contributed by atoms with Crippen molar-refractivity contribution in [3.63, 3.8) is 0 Å². The van der Waals surface area contributed by atoms with Gasteiger partial charge >= 0.3 is 5.97 Å². The molecule has 1 aromatic carbocycles. The molecule has 0 amide bonds. The molecule has 1 N–H and O–H groups in total. The molecule has 2 heterocycles. The number of carbonyl (C=O) groups excluding carboxylic acids is 1. The fourth-order valence-electron chi connectivity index (χ4n) is 2.27. The van der Waals surface area contributed by atoms with Crippen molar-refractivity contribution < 1.29 is 17.9 Å². The first-order valence-electron chi connectivity index (χ1n) is 8.18. The highest BCUT2D eigenvalue weighted by molar-refractivity contribution is 7.89. The van der Waals surface area contributed by atoms with Gasteiger partial charge < -0.3 is 4.74 Å². The molecule has 0 aliphatic rings. The van der Waals surface area contributed by atoms with Crippen LogP contribution in [-0.2, 0) is 33.2 Å². The summed E-state index contributed by atoms with van der Waals surface area (Å²) >= 11 is 7.23. The van der Waals surface area contributed by atoms with E-state index in [1.165, 1.54) is 23.5 Å². The lowest BCUT2D eigenvalue weighted by molar-refractivity contribution is -0.144. The molecule has 0 radical (unpaired) electrons. The van der Waals surface area contributed by atoms with E-state index in [-0.39, 0.29) is 24.5 Å². The van der Waals surface area contributed by atoms with Crippen LogP contribution < -0.4 is 4.72 Å². The maximum atomic E-state index is 12.1. The Morgan fingerprint density at radius 3 is 2.93 bits per heavy atom. The number of hydrogen-bond acceptors (Lipinski definition) is 7. The molecule has 0 aliphatic heterocycles. The molecule has 3 rings (SSSR count). The van der Waals surface area contributed by atoms with Gasteiger partial charge in [0.15, 0.2) is 0 Å². The second-order valence-electron chi connectivity index (χ2n) is 5.81. The zero-order valence-electron chi connectivity index (χ0n) is 14.8. The first-order valence-corrected chi connectivity index (χ1v) is 10.9. The number of aromatic nitrogens is 3. The average molecular weight is 441 g/mol. The Hall–Kier alpha value is -2.27. The summed E-state index contributed by atoms with van der Waals surface area (Å²) in [4.78, 5) is 16.3. The number of carbonyl (C=O) groups is 1. The van der Waals surface area contributed by atoms with Crippen molar-refractivity contribution in [1.29, 1.82) is 0 Å². The zero-order chi connectivity index (χ0) is 20.1. The molecule has 3 aromatic rings. The summed E-state index contributed by atoms with van der Waals surface area (Å²) in [5, 5.41) is 7.00. The van der Waals surface area contributed by atoms with Crippen molar-refractivity contribution in [2.24, 2.45) is 7.05 Å². The van der Waals surface area contributed by atoms with E-state index in [9.17, 15) is 13.2 Å². The Labute approximate surface area is 171 Å². The summed E-state index contributed by atoms with van der Waals surface area (Å²) in [6.07, 6.45) is 3.46. The van der Waals surface area contributed by atoms with Gasteiger partial charge in [-0.1, -0.05) is 17.7 Å². The van der Waals surface area contributed by atoms with Crippen LogP contribution in [0.5, 0.6) is 0 Å². The number of ether oxygens (including phenoxy) is 1. The molecule has 148 valence electrons. The van der Waals surface area contributed by atoms with Crippen LogP contribution in [0.15, 0.2) is 46.9 Å². The quantitative estimate of drug-likeness (QED) is 0.540. The number of nitrogens with zero attached hydrogens (tertiary/aromatic N) is 3. The third-order valence-electron chi connectivity index (χ3n) is 3.61. The molecule has 0 bridgehead atoms. The van der Waals surface area contributed by atoms with E-state index in [0.717, 1.165) is 10.6 Å². The molecule has 0 unspecified atom stereocenters. The lowest BCUT2D eigenvalue weighted by Crippen LogP contribution is -2.26. The standard InChI is InChI=1S/C17H17ClN4O4S2/c1-22-9-12(8-19-22)17-21-14(11-27-17)10-26-16(23)5-6-20-28(24,25)15-4-2-3-13(18)7-15/h2-4,7-9,11,20H,5-6,10H2,1H3. The van der Waals surface area contributed by atoms with Gasteiger partial charge in [-0.15, -0.1) is 11.3 Å². The van der Waals surface area contributed by atoms with Crippen molar-refractivity contribution in [2.45, 2.75) is 17.9 Å². The molecule has 0 atom stereocenters. The molecule has 8 nitrogen and oxygen atoms in total. The SMILES string of the molecule is Cn1cc(-c2nc(COC(=O)CCNS(=O)(=O)c3cccc(Cl)c3)cs2)cn1. The fraction of sp³-hybridized carbons (Fsp3) is 0.235. The number of nitrogens with one attached hydrogen (secondary N) is 1. The van der Waals surface area contributed by atoms with Crippen LogP contribution >= 0.6 is 22.9 Å². The molecule has 28 heavy (non-hydrogen) atoms. The number of aryl methyl sites for hydroxylation is 1. The van der Waals surface area contributed by atoms with E-state index < -0.39 is 16.0 Å². The van der Waals surface area contributed by atoms with Gasteiger partial charge in [0, 0.05) is 35.8 Å². The second-order valence-corrected chi connectivity index (χ2v) is 8.87. The maximum absolute atomic E-state index is 12.1. The van der Waals surface area contributed by atoms with Crippen LogP contribution in [0, 0.1) is 0 Å². The zero-order valence-corrected chi connectivity index (χ0v) is 17.2. The average Bonchev–Trinajstić information content (AvgIpc) is 3.28. The lowest BCUT2D eigenvalue weighted by Gasteiger charge is -2.07. The van der Waals surface area contributed by atoms with Crippen LogP contribution in [0.1, 0.15) is 12.1 Å². The van der Waals surface area contributed by atoms with Gasteiger partial charge in [0.1, 0.15) is 11.6 Å². The largest absolute Gasteiger partial charge is 0.459 e. The van der Waals surface area contributed by atoms with Crippen LogP contribution in [0.4, 0.5) is 0 Å². The lowest BCUT2D eigenvalue weighted by atomic mass is 10.4. The third kappa shape index (κ3) is 5.38. The van der Waals surface area contributed by atoms with E-state index >= 15 is 0 Å². The summed E-state index contributed by atoms with van der Waals surface area (Å²) in [5.74, 6) is -0.523. The van der Waals surface area contributed by atoms with Crippen molar-refractivity contribution in [2.75, 3.05) is 6.54 Å². The van der Waals surface area contributed by atoms with Crippen molar-refractivity contribution in [3.05, 3.63) is 52.8 Å². The van der Waals surface area contributed by atoms with Gasteiger partial charge in [-0.2, -0.15) is 5.10 Å². The summed E-state index contributed by atoms with van der Waals surface area (Å²) in [5.41, 5.74) is 1.51. The number of sulfonamides is 1. The number of halogens is 1. The Morgan fingerprint density at radius 2 is 2.21 bits per heavy atom. The molecule has 0 spiro atoms. The maximum Gasteiger partial charge on any atom is 0.307 e. The molecular weight excluding hydrogens is 424 g/mol. The number of hydrogen-bond donors (Lipinski definition) is 1. The van der Waals surface area contributed by atoms with E-state index in [4.69, 9.17) is 16.3 Å². The van der Waals surface area contributed by atoms with Crippen molar-refractivity contribution in [3.8, 4) is 10.6 Å². The predicted octanol–water partition coefficient (Wildman–Crippen LogP) is 2.61. The summed E-state index contributed by atoms with van der Waals surface area (Å²) in [6.45, 7) is -0.0533.